The summed E-state index contributed by atoms with van der Waals surface area (Å²) in [7, 11) is 0. The molecule has 0 aliphatic carbocycles. The van der Waals surface area contributed by atoms with E-state index in [2.05, 4.69) is 32.4 Å². The van der Waals surface area contributed by atoms with Crippen LogP contribution in [0.25, 0.3) is 0 Å². The molecule has 0 unspecified atom stereocenters. The zero-order valence-electron chi connectivity index (χ0n) is 14.4. The first kappa shape index (κ1) is 17.0. The zero-order chi connectivity index (χ0) is 17.1. The summed E-state index contributed by atoms with van der Waals surface area (Å²) in [6.45, 7) is 9.22. The molecule has 0 bridgehead atoms. The van der Waals surface area contributed by atoms with Gasteiger partial charge in [0.1, 0.15) is 5.76 Å². The molecule has 2 atom stereocenters. The summed E-state index contributed by atoms with van der Waals surface area (Å²) in [5, 5.41) is 6.11. The number of carbonyl (C=O) groups excluding carboxylic acids is 1. The molecule has 2 aromatic rings. The van der Waals surface area contributed by atoms with Crippen molar-refractivity contribution in [2.24, 2.45) is 0 Å². The SMILES string of the molecule is Cc1csc(N2CCN([C@@H](C)C(=O)NCc3ccco3)C[C@@H]2C)n1. The second kappa shape index (κ2) is 7.36. The predicted molar refractivity (Wildman–Crippen MR) is 95.2 cm³/mol. The van der Waals surface area contributed by atoms with Crippen molar-refractivity contribution in [3.8, 4) is 0 Å². The van der Waals surface area contributed by atoms with E-state index in [1.807, 2.05) is 26.0 Å². The molecule has 130 valence electrons. The van der Waals surface area contributed by atoms with Gasteiger partial charge in [-0.05, 0) is 32.9 Å². The number of hydrogen-bond acceptors (Lipinski definition) is 6. The first-order chi connectivity index (χ1) is 11.5. The molecule has 2 aromatic heterocycles. The van der Waals surface area contributed by atoms with Crippen molar-refractivity contribution in [3.05, 3.63) is 35.2 Å². The summed E-state index contributed by atoms with van der Waals surface area (Å²) in [6.07, 6.45) is 1.62. The van der Waals surface area contributed by atoms with Gasteiger partial charge in [-0.1, -0.05) is 0 Å². The summed E-state index contributed by atoms with van der Waals surface area (Å²) in [5.41, 5.74) is 1.07. The van der Waals surface area contributed by atoms with Gasteiger partial charge >= 0.3 is 0 Å². The van der Waals surface area contributed by atoms with E-state index in [4.69, 9.17) is 4.42 Å². The van der Waals surface area contributed by atoms with E-state index in [-0.39, 0.29) is 11.9 Å². The lowest BCUT2D eigenvalue weighted by Gasteiger charge is -2.41. The van der Waals surface area contributed by atoms with Crippen molar-refractivity contribution in [3.63, 3.8) is 0 Å². The summed E-state index contributed by atoms with van der Waals surface area (Å²) < 4.78 is 5.25. The molecule has 3 rings (SSSR count). The van der Waals surface area contributed by atoms with Crippen LogP contribution in [-0.4, -0.2) is 47.5 Å². The molecule has 24 heavy (non-hydrogen) atoms. The highest BCUT2D eigenvalue weighted by Gasteiger charge is 2.30. The number of hydrogen-bond donors (Lipinski definition) is 1. The van der Waals surface area contributed by atoms with Crippen LogP contribution in [0.4, 0.5) is 5.13 Å². The quantitative estimate of drug-likeness (QED) is 0.898. The van der Waals surface area contributed by atoms with E-state index in [0.29, 0.717) is 12.6 Å². The lowest BCUT2D eigenvalue weighted by molar-refractivity contribution is -0.126. The van der Waals surface area contributed by atoms with Crippen LogP contribution < -0.4 is 10.2 Å². The average Bonchev–Trinajstić information content (AvgIpc) is 3.23. The molecule has 7 heteroatoms. The molecule has 1 fully saturated rings. The number of piperazine rings is 1. The number of anilines is 1. The van der Waals surface area contributed by atoms with Gasteiger partial charge in [-0.3, -0.25) is 9.69 Å². The molecular formula is C17H24N4O2S. The molecule has 6 nitrogen and oxygen atoms in total. The molecular weight excluding hydrogens is 324 g/mol. The first-order valence-corrected chi connectivity index (χ1v) is 9.15. The van der Waals surface area contributed by atoms with Crippen LogP contribution >= 0.6 is 11.3 Å². The van der Waals surface area contributed by atoms with Crippen molar-refractivity contribution in [2.45, 2.75) is 39.4 Å². The summed E-state index contributed by atoms with van der Waals surface area (Å²) in [4.78, 5) is 21.5. The second-order valence-electron chi connectivity index (χ2n) is 6.28. The number of thiazole rings is 1. The van der Waals surface area contributed by atoms with Crippen LogP contribution in [-0.2, 0) is 11.3 Å². The minimum absolute atomic E-state index is 0.0390. The van der Waals surface area contributed by atoms with E-state index in [1.54, 1.807) is 17.6 Å². The third kappa shape index (κ3) is 3.79. The Bertz CT molecular complexity index is 670. The molecule has 0 aromatic carbocycles. The second-order valence-corrected chi connectivity index (χ2v) is 7.12. The Morgan fingerprint density at radius 3 is 3.00 bits per heavy atom. The van der Waals surface area contributed by atoms with Crippen molar-refractivity contribution < 1.29 is 9.21 Å². The maximum Gasteiger partial charge on any atom is 0.237 e. The summed E-state index contributed by atoms with van der Waals surface area (Å²) >= 11 is 1.69. The molecule has 1 N–H and O–H groups in total. The number of carbonyl (C=O) groups is 1. The molecule has 0 saturated carbocycles. The summed E-state index contributed by atoms with van der Waals surface area (Å²) in [5.74, 6) is 0.810. The van der Waals surface area contributed by atoms with Crippen molar-refractivity contribution in [2.75, 3.05) is 24.5 Å². The van der Waals surface area contributed by atoms with Gasteiger partial charge in [-0.2, -0.15) is 0 Å². The fourth-order valence-corrected chi connectivity index (χ4v) is 3.93. The van der Waals surface area contributed by atoms with Gasteiger partial charge in [-0.15, -0.1) is 11.3 Å². The molecule has 1 saturated heterocycles. The van der Waals surface area contributed by atoms with E-state index in [0.717, 1.165) is 36.2 Å². The average molecular weight is 348 g/mol. The van der Waals surface area contributed by atoms with Gasteiger partial charge in [-0.25, -0.2) is 4.98 Å². The van der Waals surface area contributed by atoms with Crippen LogP contribution in [0.5, 0.6) is 0 Å². The highest BCUT2D eigenvalue weighted by atomic mass is 32.1. The number of furan rings is 1. The van der Waals surface area contributed by atoms with Gasteiger partial charge in [0.2, 0.25) is 5.91 Å². The number of amides is 1. The smallest absolute Gasteiger partial charge is 0.237 e. The molecule has 1 aliphatic rings. The highest BCUT2D eigenvalue weighted by molar-refractivity contribution is 7.13. The lowest BCUT2D eigenvalue weighted by Crippen LogP contribution is -2.57. The Balaban J connectivity index is 1.53. The number of aromatic nitrogens is 1. The number of nitrogens with zero attached hydrogens (tertiary/aromatic N) is 3. The van der Waals surface area contributed by atoms with Crippen LogP contribution in [0.2, 0.25) is 0 Å². The molecule has 1 amide bonds. The minimum atomic E-state index is -0.150. The van der Waals surface area contributed by atoms with Gasteiger partial charge < -0.3 is 14.6 Å². The first-order valence-electron chi connectivity index (χ1n) is 8.27. The third-order valence-corrected chi connectivity index (χ3v) is 5.45. The Kier molecular flexibility index (Phi) is 5.20. The topological polar surface area (TPSA) is 61.6 Å². The van der Waals surface area contributed by atoms with E-state index < -0.39 is 0 Å². The normalized spacial score (nSPS) is 20.1. The molecule has 0 radical (unpaired) electrons. The van der Waals surface area contributed by atoms with Gasteiger partial charge in [0.05, 0.1) is 24.5 Å². The van der Waals surface area contributed by atoms with Crippen molar-refractivity contribution in [1.29, 1.82) is 0 Å². The lowest BCUT2D eigenvalue weighted by atomic mass is 10.1. The van der Waals surface area contributed by atoms with E-state index in [9.17, 15) is 4.79 Å². The Labute approximate surface area is 146 Å². The monoisotopic (exact) mass is 348 g/mol. The van der Waals surface area contributed by atoms with E-state index >= 15 is 0 Å². The van der Waals surface area contributed by atoms with Gasteiger partial charge in [0.15, 0.2) is 5.13 Å². The maximum absolute atomic E-state index is 12.4. The largest absolute Gasteiger partial charge is 0.467 e. The maximum atomic E-state index is 12.4. The van der Waals surface area contributed by atoms with Gasteiger partial charge in [0, 0.05) is 31.1 Å². The Morgan fingerprint density at radius 1 is 1.54 bits per heavy atom. The standard InChI is InChI=1S/C17H24N4O2S/c1-12-11-24-17(19-12)21-7-6-20(10-13(21)2)14(3)16(22)18-9-15-5-4-8-23-15/h4-5,8,11,13-14H,6-7,9-10H2,1-3H3,(H,18,22)/t13-,14-/m0/s1. The van der Waals surface area contributed by atoms with Crippen molar-refractivity contribution in [1.82, 2.24) is 15.2 Å². The minimum Gasteiger partial charge on any atom is -0.467 e. The fourth-order valence-electron chi connectivity index (χ4n) is 3.00. The number of nitrogens with one attached hydrogen (secondary N) is 1. The van der Waals surface area contributed by atoms with E-state index in [1.165, 1.54) is 0 Å². The van der Waals surface area contributed by atoms with Crippen LogP contribution in [0.15, 0.2) is 28.2 Å². The Morgan fingerprint density at radius 2 is 2.38 bits per heavy atom. The van der Waals surface area contributed by atoms with Crippen LogP contribution in [0.3, 0.4) is 0 Å². The van der Waals surface area contributed by atoms with Crippen molar-refractivity contribution >= 4 is 22.4 Å². The molecule has 1 aliphatic heterocycles. The zero-order valence-corrected chi connectivity index (χ0v) is 15.2. The highest BCUT2D eigenvalue weighted by Crippen LogP contribution is 2.25. The number of rotatable bonds is 5. The number of aryl methyl sites for hydroxylation is 1. The predicted octanol–water partition coefficient (Wildman–Crippen LogP) is 2.26. The Hall–Kier alpha value is -1.86. The molecule has 3 heterocycles. The fraction of sp³-hybridized carbons (Fsp3) is 0.529. The van der Waals surface area contributed by atoms with Gasteiger partial charge in [0.25, 0.3) is 0 Å². The summed E-state index contributed by atoms with van der Waals surface area (Å²) in [6, 6.07) is 3.88. The van der Waals surface area contributed by atoms with Crippen LogP contribution in [0.1, 0.15) is 25.3 Å². The third-order valence-electron chi connectivity index (χ3n) is 4.46. The molecule has 0 spiro atoms. The van der Waals surface area contributed by atoms with Crippen LogP contribution in [0, 0.1) is 6.92 Å².